The van der Waals surface area contributed by atoms with Gasteiger partial charge in [0.15, 0.2) is 0 Å². The highest BCUT2D eigenvalue weighted by Crippen LogP contribution is 2.34. The van der Waals surface area contributed by atoms with E-state index in [0.29, 0.717) is 5.69 Å². The molecule has 132 valence electrons. The van der Waals surface area contributed by atoms with E-state index in [4.69, 9.17) is 4.74 Å². The number of aromatic nitrogens is 1. The fourth-order valence-corrected chi connectivity index (χ4v) is 4.21. The van der Waals surface area contributed by atoms with Gasteiger partial charge in [-0.05, 0) is 30.5 Å². The van der Waals surface area contributed by atoms with E-state index in [-0.39, 0.29) is 11.9 Å². The first-order valence-electron chi connectivity index (χ1n) is 8.72. The molecule has 1 saturated heterocycles. The van der Waals surface area contributed by atoms with Crippen LogP contribution in [0.15, 0.2) is 60.0 Å². The zero-order chi connectivity index (χ0) is 17.9. The van der Waals surface area contributed by atoms with Crippen LogP contribution < -0.4 is 4.74 Å². The summed E-state index contributed by atoms with van der Waals surface area (Å²) in [5.41, 5.74) is 2.73. The zero-order valence-corrected chi connectivity index (χ0v) is 15.4. The maximum atomic E-state index is 13.0. The van der Waals surface area contributed by atoms with Crippen molar-refractivity contribution < 1.29 is 9.53 Å². The summed E-state index contributed by atoms with van der Waals surface area (Å²) in [6.07, 6.45) is 1.99. The molecular formula is C21H20N2O2S. The molecule has 0 saturated carbocycles. The van der Waals surface area contributed by atoms with Crippen LogP contribution in [-0.2, 0) is 0 Å². The molecule has 4 rings (SSSR count). The molecule has 1 aliphatic rings. The Kier molecular flexibility index (Phi) is 4.71. The zero-order valence-electron chi connectivity index (χ0n) is 14.6. The third-order valence-corrected chi connectivity index (χ3v) is 5.65. The van der Waals surface area contributed by atoms with Crippen molar-refractivity contribution in [3.63, 3.8) is 0 Å². The van der Waals surface area contributed by atoms with Crippen molar-refractivity contribution in [2.24, 2.45) is 0 Å². The number of hydrogen-bond acceptors (Lipinski definition) is 4. The Morgan fingerprint density at radius 1 is 1.15 bits per heavy atom. The van der Waals surface area contributed by atoms with Crippen LogP contribution in [-0.4, -0.2) is 29.4 Å². The predicted octanol–water partition coefficient (Wildman–Crippen LogP) is 4.80. The Labute approximate surface area is 157 Å². The van der Waals surface area contributed by atoms with Crippen LogP contribution >= 0.6 is 11.3 Å². The molecule has 4 nitrogen and oxygen atoms in total. The molecule has 1 aliphatic heterocycles. The number of carbonyl (C=O) groups is 1. The van der Waals surface area contributed by atoms with Crippen LogP contribution in [0, 0.1) is 0 Å². The van der Waals surface area contributed by atoms with Crippen LogP contribution in [0.1, 0.15) is 34.9 Å². The summed E-state index contributed by atoms with van der Waals surface area (Å²) in [6.45, 7) is 0.772. The second kappa shape index (κ2) is 7.30. The number of methoxy groups -OCH3 is 1. The summed E-state index contributed by atoms with van der Waals surface area (Å²) in [4.78, 5) is 19.6. The maximum Gasteiger partial charge on any atom is 0.273 e. The van der Waals surface area contributed by atoms with Gasteiger partial charge in [0.2, 0.25) is 0 Å². The topological polar surface area (TPSA) is 42.4 Å². The van der Waals surface area contributed by atoms with Crippen LogP contribution in [0.4, 0.5) is 0 Å². The molecule has 0 radical (unpaired) electrons. The van der Waals surface area contributed by atoms with Crippen molar-refractivity contribution in [1.29, 1.82) is 0 Å². The molecule has 0 N–H and O–H groups in total. The first-order valence-corrected chi connectivity index (χ1v) is 9.60. The van der Waals surface area contributed by atoms with Gasteiger partial charge in [-0.25, -0.2) is 4.98 Å². The van der Waals surface area contributed by atoms with Gasteiger partial charge < -0.3 is 9.64 Å². The summed E-state index contributed by atoms with van der Waals surface area (Å²) in [5.74, 6) is 0.846. The summed E-state index contributed by atoms with van der Waals surface area (Å²) in [6, 6.07) is 18.1. The molecule has 0 aliphatic carbocycles. The van der Waals surface area contributed by atoms with Gasteiger partial charge in [0.25, 0.3) is 5.91 Å². The average molecular weight is 364 g/mol. The van der Waals surface area contributed by atoms with Gasteiger partial charge in [0.05, 0.1) is 13.2 Å². The number of thiazole rings is 1. The molecule has 5 heteroatoms. The average Bonchev–Trinajstić information content (AvgIpc) is 3.38. The van der Waals surface area contributed by atoms with E-state index in [2.05, 4.69) is 4.98 Å². The molecule has 1 atom stereocenters. The largest absolute Gasteiger partial charge is 0.497 e. The lowest BCUT2D eigenvalue weighted by molar-refractivity contribution is 0.0730. The number of carbonyl (C=O) groups excluding carboxylic acids is 1. The molecule has 1 fully saturated rings. The van der Waals surface area contributed by atoms with Gasteiger partial charge in [-0.15, -0.1) is 11.3 Å². The highest BCUT2D eigenvalue weighted by molar-refractivity contribution is 7.13. The van der Waals surface area contributed by atoms with Gasteiger partial charge in [-0.2, -0.15) is 0 Å². The number of likely N-dealkylation sites (tertiary alicyclic amines) is 1. The first kappa shape index (κ1) is 16.8. The number of benzene rings is 2. The van der Waals surface area contributed by atoms with E-state index in [1.165, 1.54) is 11.3 Å². The van der Waals surface area contributed by atoms with Gasteiger partial charge in [-0.1, -0.05) is 42.5 Å². The van der Waals surface area contributed by atoms with E-state index in [1.54, 1.807) is 7.11 Å². The molecule has 26 heavy (non-hydrogen) atoms. The number of amides is 1. The lowest BCUT2D eigenvalue weighted by Gasteiger charge is -2.24. The van der Waals surface area contributed by atoms with Gasteiger partial charge in [-0.3, -0.25) is 4.79 Å². The fraction of sp³-hybridized carbons (Fsp3) is 0.238. The highest BCUT2D eigenvalue weighted by Gasteiger charge is 2.31. The molecule has 1 amide bonds. The third kappa shape index (κ3) is 3.22. The van der Waals surface area contributed by atoms with E-state index in [1.807, 2.05) is 64.9 Å². The standard InChI is InChI=1S/C21H20N2O2S/c1-25-17-11-9-15(10-12-17)19-8-5-13-23(19)21(24)18-14-26-20(22-18)16-6-3-2-4-7-16/h2-4,6-7,9-12,14,19H,5,8,13H2,1H3/t19-/m1/s1. The summed E-state index contributed by atoms with van der Waals surface area (Å²) in [5, 5.41) is 2.75. The predicted molar refractivity (Wildman–Crippen MR) is 104 cm³/mol. The fourth-order valence-electron chi connectivity index (χ4n) is 3.41. The van der Waals surface area contributed by atoms with Gasteiger partial charge in [0, 0.05) is 17.5 Å². The van der Waals surface area contributed by atoms with Crippen molar-refractivity contribution in [2.75, 3.05) is 13.7 Å². The minimum atomic E-state index is 0.0155. The van der Waals surface area contributed by atoms with Crippen molar-refractivity contribution in [2.45, 2.75) is 18.9 Å². The van der Waals surface area contributed by atoms with Gasteiger partial charge >= 0.3 is 0 Å². The Morgan fingerprint density at radius 3 is 2.65 bits per heavy atom. The van der Waals surface area contributed by atoms with Crippen LogP contribution in [0.5, 0.6) is 5.75 Å². The molecule has 0 unspecified atom stereocenters. The summed E-state index contributed by atoms with van der Waals surface area (Å²) in [7, 11) is 1.66. The van der Waals surface area contributed by atoms with Crippen LogP contribution in [0.2, 0.25) is 0 Å². The lowest BCUT2D eigenvalue weighted by atomic mass is 10.0. The summed E-state index contributed by atoms with van der Waals surface area (Å²) < 4.78 is 5.23. The van der Waals surface area contributed by atoms with Crippen LogP contribution in [0.25, 0.3) is 10.6 Å². The third-order valence-electron chi connectivity index (χ3n) is 4.76. The number of hydrogen-bond donors (Lipinski definition) is 0. The summed E-state index contributed by atoms with van der Waals surface area (Å²) >= 11 is 1.52. The quantitative estimate of drug-likeness (QED) is 0.668. The molecule has 0 spiro atoms. The molecule has 0 bridgehead atoms. The minimum Gasteiger partial charge on any atom is -0.497 e. The van der Waals surface area contributed by atoms with E-state index in [9.17, 15) is 4.79 Å². The molecule has 1 aromatic heterocycles. The number of ether oxygens (including phenoxy) is 1. The Morgan fingerprint density at radius 2 is 1.92 bits per heavy atom. The molecule has 3 aromatic rings. The van der Waals surface area contributed by atoms with E-state index in [0.717, 1.165) is 41.3 Å². The lowest BCUT2D eigenvalue weighted by Crippen LogP contribution is -2.30. The normalized spacial score (nSPS) is 16.7. The van der Waals surface area contributed by atoms with Crippen LogP contribution in [0.3, 0.4) is 0 Å². The monoisotopic (exact) mass is 364 g/mol. The van der Waals surface area contributed by atoms with Crippen molar-refractivity contribution in [3.8, 4) is 16.3 Å². The van der Waals surface area contributed by atoms with E-state index < -0.39 is 0 Å². The van der Waals surface area contributed by atoms with Crippen molar-refractivity contribution in [1.82, 2.24) is 9.88 Å². The number of rotatable bonds is 4. The smallest absolute Gasteiger partial charge is 0.273 e. The molecule has 2 heterocycles. The molecule has 2 aromatic carbocycles. The first-order chi connectivity index (χ1) is 12.8. The van der Waals surface area contributed by atoms with Crippen molar-refractivity contribution >= 4 is 17.2 Å². The maximum absolute atomic E-state index is 13.0. The molecular weight excluding hydrogens is 344 g/mol. The minimum absolute atomic E-state index is 0.0155. The van der Waals surface area contributed by atoms with E-state index >= 15 is 0 Å². The Balaban J connectivity index is 1.56. The highest BCUT2D eigenvalue weighted by atomic mass is 32.1. The second-order valence-corrected chi connectivity index (χ2v) is 7.19. The Bertz CT molecular complexity index is 890. The number of nitrogens with zero attached hydrogens (tertiary/aromatic N) is 2. The Hall–Kier alpha value is -2.66. The van der Waals surface area contributed by atoms with Crippen molar-refractivity contribution in [3.05, 3.63) is 71.2 Å². The SMILES string of the molecule is COc1ccc([C@H]2CCCN2C(=O)c2csc(-c3ccccc3)n2)cc1. The van der Waals surface area contributed by atoms with Gasteiger partial charge in [0.1, 0.15) is 16.5 Å². The second-order valence-electron chi connectivity index (χ2n) is 6.33.